The Bertz CT molecular complexity index is 503. The Labute approximate surface area is 103 Å². The molecule has 0 aromatic carbocycles. The number of nitrogens with two attached hydrogens (primary N) is 1. The highest BCUT2D eigenvalue weighted by atomic mass is 19.1. The number of ether oxygens (including phenoxy) is 1. The van der Waals surface area contributed by atoms with Gasteiger partial charge in [0.15, 0.2) is 11.9 Å². The van der Waals surface area contributed by atoms with Gasteiger partial charge in [-0.25, -0.2) is 9.18 Å². The van der Waals surface area contributed by atoms with Gasteiger partial charge < -0.3 is 15.6 Å². The summed E-state index contributed by atoms with van der Waals surface area (Å²) >= 11 is 0. The number of halogens is 1. The van der Waals surface area contributed by atoms with Crippen molar-refractivity contribution in [2.24, 2.45) is 0 Å². The number of aliphatic hydroxyl groups excluding tert-OH is 1. The summed E-state index contributed by atoms with van der Waals surface area (Å²) in [4.78, 5) is 15.2. The molecule has 0 saturated carbocycles. The molecule has 0 amide bonds. The van der Waals surface area contributed by atoms with Gasteiger partial charge in [0.2, 0.25) is 0 Å². The fourth-order valence-corrected chi connectivity index (χ4v) is 2.14. The molecule has 7 heteroatoms. The van der Waals surface area contributed by atoms with Crippen molar-refractivity contribution in [1.82, 2.24) is 9.55 Å². The maximum absolute atomic E-state index is 14.5. The number of rotatable bonds is 2. The molecular weight excluding hydrogens is 241 g/mol. The molecule has 1 saturated heterocycles. The Morgan fingerprint density at radius 3 is 2.89 bits per heavy atom. The van der Waals surface area contributed by atoms with E-state index in [0.717, 1.165) is 4.57 Å². The summed E-state index contributed by atoms with van der Waals surface area (Å²) in [5.74, 6) is 0.0578. The summed E-state index contributed by atoms with van der Waals surface area (Å²) in [6, 6.07) is 1.38. The van der Waals surface area contributed by atoms with Gasteiger partial charge in [-0.3, -0.25) is 4.57 Å². The molecule has 2 heterocycles. The summed E-state index contributed by atoms with van der Waals surface area (Å²) in [5.41, 5.74) is 2.61. The van der Waals surface area contributed by atoms with Crippen LogP contribution in [0.4, 0.5) is 10.2 Å². The highest BCUT2D eigenvalue weighted by Crippen LogP contribution is 2.41. The second-order valence-corrected chi connectivity index (χ2v) is 4.57. The van der Waals surface area contributed by atoms with Gasteiger partial charge in [-0.1, -0.05) is 6.92 Å². The quantitative estimate of drug-likeness (QED) is 0.791. The van der Waals surface area contributed by atoms with Crippen LogP contribution in [0.15, 0.2) is 17.1 Å². The molecule has 1 aromatic heterocycles. The van der Waals surface area contributed by atoms with Crippen LogP contribution in [0.3, 0.4) is 0 Å². The average Bonchev–Trinajstić information content (AvgIpc) is 2.52. The van der Waals surface area contributed by atoms with Crippen LogP contribution in [0, 0.1) is 0 Å². The molecule has 1 aliphatic rings. The van der Waals surface area contributed by atoms with Crippen molar-refractivity contribution in [3.05, 3.63) is 22.7 Å². The van der Waals surface area contributed by atoms with E-state index < -0.39 is 29.8 Å². The van der Waals surface area contributed by atoms with E-state index in [1.54, 1.807) is 6.92 Å². The van der Waals surface area contributed by atoms with Crippen molar-refractivity contribution in [2.75, 3.05) is 5.73 Å². The molecule has 100 valence electrons. The summed E-state index contributed by atoms with van der Waals surface area (Å²) in [7, 11) is 0. The first kappa shape index (κ1) is 13.0. The van der Waals surface area contributed by atoms with Crippen LogP contribution in [0.2, 0.25) is 0 Å². The Kier molecular flexibility index (Phi) is 3.12. The monoisotopic (exact) mass is 257 g/mol. The van der Waals surface area contributed by atoms with Gasteiger partial charge in [-0.2, -0.15) is 4.98 Å². The molecule has 0 aliphatic carbocycles. The largest absolute Gasteiger partial charge is 0.387 e. The molecule has 3 N–H and O–H groups in total. The number of hydrogen-bond acceptors (Lipinski definition) is 5. The maximum atomic E-state index is 14.5. The molecule has 1 unspecified atom stereocenters. The third kappa shape index (κ3) is 1.89. The standard InChI is InChI=1S/C11H16FN3O3/c1-3-6-8(16)11(2,12)9(18-6)15-5-4-7(13)14-10(15)17/h4-6,8-9,16H,3H2,1-2H3,(H2,13,14,17)/t6-,8+,9-,11?/m1/s1. The average molecular weight is 257 g/mol. The Morgan fingerprint density at radius 1 is 1.72 bits per heavy atom. The Hall–Kier alpha value is -1.47. The van der Waals surface area contributed by atoms with Gasteiger partial charge in [0.1, 0.15) is 11.9 Å². The van der Waals surface area contributed by atoms with Crippen LogP contribution < -0.4 is 11.4 Å². The minimum Gasteiger partial charge on any atom is -0.387 e. The second-order valence-electron chi connectivity index (χ2n) is 4.57. The zero-order valence-electron chi connectivity index (χ0n) is 10.2. The van der Waals surface area contributed by atoms with E-state index in [1.165, 1.54) is 19.2 Å². The van der Waals surface area contributed by atoms with Gasteiger partial charge in [0, 0.05) is 6.20 Å². The van der Waals surface area contributed by atoms with E-state index in [4.69, 9.17) is 10.5 Å². The summed E-state index contributed by atoms with van der Waals surface area (Å²) in [6.07, 6.45) is -1.35. The van der Waals surface area contributed by atoms with Crippen molar-refractivity contribution in [1.29, 1.82) is 0 Å². The van der Waals surface area contributed by atoms with E-state index in [0.29, 0.717) is 6.42 Å². The number of hydrogen-bond donors (Lipinski definition) is 2. The molecule has 2 rings (SSSR count). The van der Waals surface area contributed by atoms with Gasteiger partial charge in [0.05, 0.1) is 6.10 Å². The SMILES string of the molecule is CC[C@H]1O[C@@H](n2ccc(N)nc2=O)C(C)(F)[C@H]1O. The predicted octanol–water partition coefficient (Wildman–Crippen LogP) is 0.222. The fourth-order valence-electron chi connectivity index (χ4n) is 2.14. The lowest BCUT2D eigenvalue weighted by Gasteiger charge is -2.24. The smallest absolute Gasteiger partial charge is 0.351 e. The van der Waals surface area contributed by atoms with Crippen LogP contribution in [0.5, 0.6) is 0 Å². The maximum Gasteiger partial charge on any atom is 0.351 e. The third-order valence-corrected chi connectivity index (χ3v) is 3.22. The first-order valence-electron chi connectivity index (χ1n) is 5.75. The lowest BCUT2D eigenvalue weighted by Crippen LogP contribution is -2.42. The van der Waals surface area contributed by atoms with Gasteiger partial charge >= 0.3 is 5.69 Å². The number of alkyl halides is 1. The normalized spacial score (nSPS) is 35.9. The number of aliphatic hydroxyl groups is 1. The van der Waals surface area contributed by atoms with Crippen LogP contribution in [-0.4, -0.2) is 32.5 Å². The fraction of sp³-hybridized carbons (Fsp3) is 0.636. The highest BCUT2D eigenvalue weighted by molar-refractivity contribution is 5.23. The summed E-state index contributed by atoms with van der Waals surface area (Å²) < 4.78 is 20.9. The van der Waals surface area contributed by atoms with Crippen LogP contribution >= 0.6 is 0 Å². The van der Waals surface area contributed by atoms with E-state index in [1.807, 2.05) is 0 Å². The molecule has 1 aliphatic heterocycles. The zero-order valence-corrected chi connectivity index (χ0v) is 10.2. The number of nitrogens with zero attached hydrogens (tertiary/aromatic N) is 2. The topological polar surface area (TPSA) is 90.4 Å². The molecule has 18 heavy (non-hydrogen) atoms. The van der Waals surface area contributed by atoms with E-state index in [-0.39, 0.29) is 5.82 Å². The molecule has 4 atom stereocenters. The van der Waals surface area contributed by atoms with Crippen molar-refractivity contribution in [3.8, 4) is 0 Å². The molecule has 0 bridgehead atoms. The van der Waals surface area contributed by atoms with Crippen molar-refractivity contribution < 1.29 is 14.2 Å². The molecule has 6 nitrogen and oxygen atoms in total. The molecular formula is C11H16FN3O3. The first-order valence-corrected chi connectivity index (χ1v) is 5.75. The van der Waals surface area contributed by atoms with E-state index in [9.17, 15) is 14.3 Å². The minimum absolute atomic E-state index is 0.0578. The zero-order chi connectivity index (χ0) is 13.5. The van der Waals surface area contributed by atoms with Gasteiger partial charge in [-0.15, -0.1) is 0 Å². The number of nitrogen functional groups attached to an aromatic ring is 1. The third-order valence-electron chi connectivity index (χ3n) is 3.22. The molecule has 1 aromatic rings. The molecule has 0 spiro atoms. The number of aromatic nitrogens is 2. The van der Waals surface area contributed by atoms with Gasteiger partial charge in [0.25, 0.3) is 0 Å². The van der Waals surface area contributed by atoms with Crippen molar-refractivity contribution in [2.45, 2.75) is 44.4 Å². The van der Waals surface area contributed by atoms with Crippen LogP contribution in [-0.2, 0) is 4.74 Å². The Morgan fingerprint density at radius 2 is 2.39 bits per heavy atom. The Balaban J connectivity index is 2.42. The lowest BCUT2D eigenvalue weighted by atomic mass is 9.97. The second kappa shape index (κ2) is 4.33. The molecule has 0 radical (unpaired) electrons. The van der Waals surface area contributed by atoms with Crippen molar-refractivity contribution in [3.63, 3.8) is 0 Å². The van der Waals surface area contributed by atoms with Crippen LogP contribution in [0.1, 0.15) is 26.5 Å². The minimum atomic E-state index is -2.05. The van der Waals surface area contributed by atoms with Crippen molar-refractivity contribution >= 4 is 5.82 Å². The van der Waals surface area contributed by atoms with E-state index >= 15 is 0 Å². The van der Waals surface area contributed by atoms with Gasteiger partial charge in [-0.05, 0) is 19.4 Å². The van der Waals surface area contributed by atoms with Crippen LogP contribution in [0.25, 0.3) is 0 Å². The predicted molar refractivity (Wildman–Crippen MR) is 62.6 cm³/mol. The number of anilines is 1. The van der Waals surface area contributed by atoms with E-state index in [2.05, 4.69) is 4.98 Å². The first-order chi connectivity index (χ1) is 8.37. The molecule has 1 fully saturated rings. The summed E-state index contributed by atoms with van der Waals surface area (Å²) in [6.45, 7) is 2.98. The lowest BCUT2D eigenvalue weighted by molar-refractivity contribution is -0.0509. The summed E-state index contributed by atoms with van der Waals surface area (Å²) in [5, 5.41) is 9.83. The highest BCUT2D eigenvalue weighted by Gasteiger charge is 2.54.